The van der Waals surface area contributed by atoms with E-state index in [4.69, 9.17) is 0 Å². The van der Waals surface area contributed by atoms with Crippen LogP contribution in [0.4, 0.5) is 13.2 Å². The number of carbonyl (C=O) groups is 2. The normalized spacial score (nSPS) is 14.1. The molecular weight excluding hydrogens is 441 g/mol. The molecule has 28 heavy (non-hydrogen) atoms. The largest absolute Gasteiger partial charge is 0.478 e. The van der Waals surface area contributed by atoms with Crippen LogP contribution >= 0.6 is 15.9 Å². The molecule has 0 fully saturated rings. The smallest absolute Gasteiger partial charge is 0.416 e. The molecular formula is C19H12BrF3N2O3. The minimum absolute atomic E-state index is 0.0300. The monoisotopic (exact) mass is 452 g/mol. The van der Waals surface area contributed by atoms with Crippen LogP contribution in [-0.2, 0) is 12.6 Å². The summed E-state index contributed by atoms with van der Waals surface area (Å²) in [5, 5.41) is 12.4. The molecule has 2 heterocycles. The third-order valence-corrected chi connectivity index (χ3v) is 5.41. The number of nitrogens with one attached hydrogen (secondary N) is 2. The van der Waals surface area contributed by atoms with Gasteiger partial charge in [0.15, 0.2) is 0 Å². The first-order valence-electron chi connectivity index (χ1n) is 8.24. The minimum atomic E-state index is -4.60. The van der Waals surface area contributed by atoms with Gasteiger partial charge < -0.3 is 15.4 Å². The number of alkyl halides is 3. The molecule has 0 radical (unpaired) electrons. The highest BCUT2D eigenvalue weighted by molar-refractivity contribution is 9.10. The van der Waals surface area contributed by atoms with E-state index in [-0.39, 0.29) is 23.2 Å². The lowest BCUT2D eigenvalue weighted by atomic mass is 9.98. The van der Waals surface area contributed by atoms with Crippen molar-refractivity contribution in [1.29, 1.82) is 0 Å². The molecule has 1 amide bonds. The maximum absolute atomic E-state index is 13.3. The molecule has 4 rings (SSSR count). The van der Waals surface area contributed by atoms with Gasteiger partial charge in [0.1, 0.15) is 0 Å². The van der Waals surface area contributed by atoms with Crippen LogP contribution in [0.15, 0.2) is 34.8 Å². The van der Waals surface area contributed by atoms with E-state index in [1.165, 1.54) is 6.07 Å². The van der Waals surface area contributed by atoms with E-state index in [0.717, 1.165) is 12.1 Å². The molecule has 1 aliphatic rings. The molecule has 0 unspecified atom stereocenters. The first-order chi connectivity index (χ1) is 13.2. The van der Waals surface area contributed by atoms with Crippen LogP contribution in [-0.4, -0.2) is 28.5 Å². The van der Waals surface area contributed by atoms with Crippen molar-refractivity contribution < 1.29 is 27.9 Å². The molecule has 9 heteroatoms. The quantitative estimate of drug-likeness (QED) is 0.531. The Balaban J connectivity index is 2.03. The number of carbonyl (C=O) groups excluding carboxylic acids is 1. The Labute approximate surface area is 164 Å². The van der Waals surface area contributed by atoms with Gasteiger partial charge in [0.05, 0.1) is 11.1 Å². The number of halogens is 4. The predicted octanol–water partition coefficient (Wildman–Crippen LogP) is 4.60. The number of hydrogen-bond acceptors (Lipinski definition) is 2. The van der Waals surface area contributed by atoms with Gasteiger partial charge in [-0.3, -0.25) is 4.79 Å². The zero-order chi connectivity index (χ0) is 20.2. The van der Waals surface area contributed by atoms with Crippen LogP contribution in [0.5, 0.6) is 0 Å². The van der Waals surface area contributed by atoms with Gasteiger partial charge in [-0.15, -0.1) is 0 Å². The second-order valence-corrected chi connectivity index (χ2v) is 7.28. The first-order valence-corrected chi connectivity index (χ1v) is 9.03. The molecule has 0 saturated heterocycles. The lowest BCUT2D eigenvalue weighted by Crippen LogP contribution is -2.24. The summed E-state index contributed by atoms with van der Waals surface area (Å²) in [5.41, 5.74) is 0.941. The lowest BCUT2D eigenvalue weighted by Gasteiger charge is -2.09. The Bertz CT molecular complexity index is 1150. The Kier molecular flexibility index (Phi) is 4.22. The highest BCUT2D eigenvalue weighted by Gasteiger charge is 2.34. The summed E-state index contributed by atoms with van der Waals surface area (Å²) in [6.45, 7) is 0.261. The van der Waals surface area contributed by atoms with E-state index in [9.17, 15) is 27.9 Å². The van der Waals surface area contributed by atoms with Crippen molar-refractivity contribution in [2.75, 3.05) is 6.54 Å². The van der Waals surface area contributed by atoms with Gasteiger partial charge in [-0.2, -0.15) is 13.2 Å². The third kappa shape index (κ3) is 2.95. The van der Waals surface area contributed by atoms with Crippen LogP contribution in [0, 0.1) is 0 Å². The minimum Gasteiger partial charge on any atom is -0.478 e. The summed E-state index contributed by atoms with van der Waals surface area (Å²) in [7, 11) is 0. The molecule has 144 valence electrons. The maximum Gasteiger partial charge on any atom is 0.416 e. The molecule has 0 saturated carbocycles. The zero-order valence-corrected chi connectivity index (χ0v) is 15.7. The van der Waals surface area contributed by atoms with E-state index in [0.29, 0.717) is 33.1 Å². The molecule has 1 aliphatic heterocycles. The number of aromatic nitrogens is 1. The molecule has 2 aromatic carbocycles. The van der Waals surface area contributed by atoms with E-state index in [1.807, 2.05) is 0 Å². The molecule has 0 spiro atoms. The molecule has 1 aromatic heterocycles. The standard InChI is InChI=1S/C19H12BrF3N2O3/c20-13-2-1-8(5-11(13)18(27)28)16-10-3-4-24-17(26)12-6-9(19(21,22)23)7-14(25-16)15(10)12/h1-2,5-7,25H,3-4H2,(H,24,26)(H,27,28). The van der Waals surface area contributed by atoms with Gasteiger partial charge in [0, 0.05) is 33.2 Å². The van der Waals surface area contributed by atoms with Crippen LogP contribution in [0.3, 0.4) is 0 Å². The van der Waals surface area contributed by atoms with E-state index < -0.39 is 23.6 Å². The average Bonchev–Trinajstić information content (AvgIpc) is 2.89. The third-order valence-electron chi connectivity index (χ3n) is 4.72. The predicted molar refractivity (Wildman–Crippen MR) is 99.4 cm³/mol. The molecule has 0 bridgehead atoms. The van der Waals surface area contributed by atoms with Crippen molar-refractivity contribution >= 4 is 38.7 Å². The van der Waals surface area contributed by atoms with Crippen molar-refractivity contribution in [2.45, 2.75) is 12.6 Å². The zero-order valence-electron chi connectivity index (χ0n) is 14.1. The van der Waals surface area contributed by atoms with Crippen molar-refractivity contribution in [1.82, 2.24) is 10.3 Å². The Morgan fingerprint density at radius 3 is 2.61 bits per heavy atom. The lowest BCUT2D eigenvalue weighted by molar-refractivity contribution is -0.137. The van der Waals surface area contributed by atoms with Crippen LogP contribution < -0.4 is 5.32 Å². The van der Waals surface area contributed by atoms with E-state index >= 15 is 0 Å². The number of carboxylic acids is 1. The van der Waals surface area contributed by atoms with Crippen molar-refractivity contribution in [3.63, 3.8) is 0 Å². The van der Waals surface area contributed by atoms with Gasteiger partial charge in [-0.05, 0) is 57.7 Å². The summed E-state index contributed by atoms with van der Waals surface area (Å²) in [4.78, 5) is 26.7. The van der Waals surface area contributed by atoms with Crippen molar-refractivity contribution in [3.05, 3.63) is 57.1 Å². The second-order valence-electron chi connectivity index (χ2n) is 6.43. The molecule has 3 N–H and O–H groups in total. The molecule has 0 atom stereocenters. The van der Waals surface area contributed by atoms with E-state index in [2.05, 4.69) is 26.2 Å². The number of carboxylic acid groups (broad SMARTS) is 1. The fourth-order valence-corrected chi connectivity index (χ4v) is 3.90. The number of hydrogen-bond donors (Lipinski definition) is 3. The summed E-state index contributed by atoms with van der Waals surface area (Å²) in [6, 6.07) is 6.51. The number of rotatable bonds is 2. The van der Waals surface area contributed by atoms with Gasteiger partial charge in [0.2, 0.25) is 0 Å². The number of aromatic amines is 1. The van der Waals surface area contributed by atoms with Crippen LogP contribution in [0.2, 0.25) is 0 Å². The SMILES string of the molecule is O=C(O)c1cc(-c2[nH]c3cc(C(F)(F)F)cc4c3c2CCNC4=O)ccc1Br. The topological polar surface area (TPSA) is 82.2 Å². The summed E-state index contributed by atoms with van der Waals surface area (Å²) < 4.78 is 40.2. The number of benzene rings is 2. The Morgan fingerprint density at radius 2 is 1.93 bits per heavy atom. The number of aromatic carboxylic acids is 1. The van der Waals surface area contributed by atoms with E-state index in [1.54, 1.807) is 12.1 Å². The highest BCUT2D eigenvalue weighted by atomic mass is 79.9. The van der Waals surface area contributed by atoms with Crippen molar-refractivity contribution in [3.8, 4) is 11.3 Å². The highest BCUT2D eigenvalue weighted by Crippen LogP contribution is 2.39. The van der Waals surface area contributed by atoms with Crippen LogP contribution in [0.1, 0.15) is 31.8 Å². The molecule has 0 aliphatic carbocycles. The van der Waals surface area contributed by atoms with Gasteiger partial charge in [0.25, 0.3) is 5.91 Å². The maximum atomic E-state index is 13.3. The second kappa shape index (κ2) is 6.37. The van der Waals surface area contributed by atoms with Crippen molar-refractivity contribution in [2.24, 2.45) is 0 Å². The Hall–Kier alpha value is -2.81. The Morgan fingerprint density at radius 1 is 1.18 bits per heavy atom. The van der Waals surface area contributed by atoms with Gasteiger partial charge >= 0.3 is 12.1 Å². The fraction of sp³-hybridized carbons (Fsp3) is 0.158. The summed E-state index contributed by atoms with van der Waals surface area (Å²) in [6.07, 6.45) is -4.20. The van der Waals surface area contributed by atoms with Gasteiger partial charge in [-0.25, -0.2) is 4.79 Å². The fourth-order valence-electron chi connectivity index (χ4n) is 3.48. The number of H-pyrrole nitrogens is 1. The average molecular weight is 453 g/mol. The molecule has 3 aromatic rings. The van der Waals surface area contributed by atoms with Gasteiger partial charge in [-0.1, -0.05) is 6.07 Å². The van der Waals surface area contributed by atoms with Crippen LogP contribution in [0.25, 0.3) is 22.2 Å². The molecule has 5 nitrogen and oxygen atoms in total. The first kappa shape index (κ1) is 18.5. The summed E-state index contributed by atoms with van der Waals surface area (Å²) >= 11 is 3.18. The number of amides is 1. The summed E-state index contributed by atoms with van der Waals surface area (Å²) in [5.74, 6) is -1.70.